The van der Waals surface area contributed by atoms with Crippen LogP contribution in [0.3, 0.4) is 0 Å². The lowest BCUT2D eigenvalue weighted by Crippen LogP contribution is -2.23. The van der Waals surface area contributed by atoms with Crippen LogP contribution in [-0.4, -0.2) is 31.5 Å². The van der Waals surface area contributed by atoms with Gasteiger partial charge in [0.1, 0.15) is 0 Å². The average Bonchev–Trinajstić information content (AvgIpc) is 3.02. The van der Waals surface area contributed by atoms with Crippen LogP contribution in [0.1, 0.15) is 26.4 Å². The third-order valence-electron chi connectivity index (χ3n) is 5.75. The Morgan fingerprint density at radius 3 is 2.46 bits per heavy atom. The maximum Gasteiger partial charge on any atom is 0.257 e. The van der Waals surface area contributed by atoms with Gasteiger partial charge in [-0.25, -0.2) is 8.42 Å². The summed E-state index contributed by atoms with van der Waals surface area (Å²) in [7, 11) is -3.48. The molecular weight excluding hydrogens is 490 g/mol. The van der Waals surface area contributed by atoms with Gasteiger partial charge in [-0.3, -0.25) is 19.3 Å². The highest BCUT2D eigenvalue weighted by Gasteiger charge is 2.21. The minimum atomic E-state index is -3.48. The van der Waals surface area contributed by atoms with E-state index < -0.39 is 10.0 Å². The lowest BCUT2D eigenvalue weighted by Gasteiger charge is -2.14. The highest BCUT2D eigenvalue weighted by atomic mass is 32.2. The van der Waals surface area contributed by atoms with Gasteiger partial charge in [0.2, 0.25) is 10.0 Å². The Morgan fingerprint density at radius 1 is 0.865 bits per heavy atom. The molecule has 5 rings (SSSR count). The number of pyridine rings is 1. The number of anilines is 4. The van der Waals surface area contributed by atoms with E-state index in [4.69, 9.17) is 0 Å². The minimum Gasteiger partial charge on any atom is -0.353 e. The van der Waals surface area contributed by atoms with Crippen molar-refractivity contribution in [3.8, 4) is 11.1 Å². The first-order valence-electron chi connectivity index (χ1n) is 11.4. The molecule has 0 spiro atoms. The maximum atomic E-state index is 13.0. The second-order valence-corrected chi connectivity index (χ2v) is 10.3. The first-order chi connectivity index (χ1) is 17.8. The molecule has 0 bridgehead atoms. The van der Waals surface area contributed by atoms with Gasteiger partial charge in [0, 0.05) is 17.3 Å². The van der Waals surface area contributed by atoms with Crippen LogP contribution in [0.2, 0.25) is 0 Å². The first-order valence-corrected chi connectivity index (χ1v) is 13.3. The van der Waals surface area contributed by atoms with Crippen LogP contribution in [0.5, 0.6) is 0 Å². The lowest BCUT2D eigenvalue weighted by molar-refractivity contribution is 0.0949. The monoisotopic (exact) mass is 513 g/mol. The van der Waals surface area contributed by atoms with Crippen LogP contribution in [-0.2, 0) is 16.6 Å². The average molecular weight is 514 g/mol. The topological polar surface area (TPSA) is 129 Å². The molecule has 0 radical (unpaired) electrons. The Bertz CT molecular complexity index is 1620. The second kappa shape index (κ2) is 9.75. The Hall–Kier alpha value is -4.70. The van der Waals surface area contributed by atoms with E-state index in [1.807, 2.05) is 18.2 Å². The number of hydrogen-bond donors (Lipinski definition) is 4. The fraction of sp³-hybridized carbons (Fsp3) is 0.0741. The number of sulfonamides is 1. The van der Waals surface area contributed by atoms with Gasteiger partial charge in [0.05, 0.1) is 46.8 Å². The summed E-state index contributed by atoms with van der Waals surface area (Å²) in [4.78, 5) is 29.9. The van der Waals surface area contributed by atoms with Crippen molar-refractivity contribution in [2.75, 3.05) is 21.6 Å². The van der Waals surface area contributed by atoms with Crippen molar-refractivity contribution in [2.24, 2.45) is 0 Å². The summed E-state index contributed by atoms with van der Waals surface area (Å²) >= 11 is 0. The second-order valence-electron chi connectivity index (χ2n) is 8.52. The molecule has 37 heavy (non-hydrogen) atoms. The molecule has 186 valence electrons. The molecule has 4 aromatic rings. The van der Waals surface area contributed by atoms with Gasteiger partial charge in [0.15, 0.2) is 0 Å². The van der Waals surface area contributed by atoms with Crippen LogP contribution in [0.15, 0.2) is 85.1 Å². The van der Waals surface area contributed by atoms with Crippen LogP contribution >= 0.6 is 0 Å². The molecule has 0 saturated heterocycles. The number of amides is 2. The molecule has 9 nitrogen and oxygen atoms in total. The summed E-state index contributed by atoms with van der Waals surface area (Å²) in [5.41, 5.74) is 5.00. The van der Waals surface area contributed by atoms with Crippen molar-refractivity contribution in [1.29, 1.82) is 0 Å². The van der Waals surface area contributed by atoms with Crippen molar-refractivity contribution in [2.45, 2.75) is 6.54 Å². The molecule has 3 aromatic carbocycles. The highest BCUT2D eigenvalue weighted by molar-refractivity contribution is 7.92. The number of nitrogens with zero attached hydrogens (tertiary/aromatic N) is 1. The molecule has 0 saturated carbocycles. The molecule has 4 N–H and O–H groups in total. The molecule has 0 aliphatic carbocycles. The molecule has 1 aliphatic rings. The highest BCUT2D eigenvalue weighted by Crippen LogP contribution is 2.37. The van der Waals surface area contributed by atoms with E-state index >= 15 is 0 Å². The van der Waals surface area contributed by atoms with Crippen LogP contribution in [0.4, 0.5) is 22.7 Å². The minimum absolute atomic E-state index is 0.283. The molecule has 1 aliphatic heterocycles. The SMILES string of the molecule is CS(=O)(=O)Nc1ccccc1-c1ccc2c(c1)Nc1ccc(C(=O)NCc3ccccn3)cc1NC2=O. The quantitative estimate of drug-likeness (QED) is 0.303. The van der Waals surface area contributed by atoms with Crippen molar-refractivity contribution in [3.05, 3.63) is 102 Å². The summed E-state index contributed by atoms with van der Waals surface area (Å²) in [6.07, 6.45) is 2.76. The molecule has 2 heterocycles. The Labute approximate surface area is 214 Å². The third kappa shape index (κ3) is 5.44. The normalized spacial score (nSPS) is 12.3. The fourth-order valence-electron chi connectivity index (χ4n) is 4.05. The molecular formula is C27H23N5O4S. The predicted octanol–water partition coefficient (Wildman–Crippen LogP) is 4.36. The van der Waals surface area contributed by atoms with Gasteiger partial charge in [-0.2, -0.15) is 0 Å². The Kier molecular flexibility index (Phi) is 6.33. The molecule has 2 amide bonds. The first kappa shape index (κ1) is 24.0. The van der Waals surface area contributed by atoms with Gasteiger partial charge in [-0.1, -0.05) is 30.3 Å². The number of fused-ring (bicyclic) bond motifs is 2. The van der Waals surface area contributed by atoms with Crippen molar-refractivity contribution in [1.82, 2.24) is 10.3 Å². The molecule has 1 aromatic heterocycles. The van der Waals surface area contributed by atoms with Gasteiger partial charge >= 0.3 is 0 Å². The molecule has 0 unspecified atom stereocenters. The summed E-state index contributed by atoms with van der Waals surface area (Å²) in [5, 5.41) is 8.97. The van der Waals surface area contributed by atoms with Gasteiger partial charge < -0.3 is 16.0 Å². The summed E-state index contributed by atoms with van der Waals surface area (Å²) in [6.45, 7) is 0.283. The van der Waals surface area contributed by atoms with E-state index in [-0.39, 0.29) is 18.4 Å². The molecule has 0 atom stereocenters. The summed E-state index contributed by atoms with van der Waals surface area (Å²) in [6, 6.07) is 22.8. The number of benzene rings is 3. The maximum absolute atomic E-state index is 13.0. The number of carbonyl (C=O) groups excluding carboxylic acids is 2. The molecule has 0 fully saturated rings. The van der Waals surface area contributed by atoms with Crippen molar-refractivity contribution < 1.29 is 18.0 Å². The number of para-hydroxylation sites is 1. The molecule has 10 heteroatoms. The van der Waals surface area contributed by atoms with Crippen LogP contribution in [0.25, 0.3) is 11.1 Å². The van der Waals surface area contributed by atoms with E-state index in [1.54, 1.807) is 66.9 Å². The lowest BCUT2D eigenvalue weighted by atomic mass is 10.0. The van der Waals surface area contributed by atoms with Crippen LogP contribution < -0.4 is 20.7 Å². The van der Waals surface area contributed by atoms with Crippen LogP contribution in [0, 0.1) is 0 Å². The Balaban J connectivity index is 1.42. The zero-order valence-corrected chi connectivity index (χ0v) is 20.6. The van der Waals surface area contributed by atoms with E-state index in [1.165, 1.54) is 0 Å². The number of hydrogen-bond acceptors (Lipinski definition) is 6. The van der Waals surface area contributed by atoms with Crippen molar-refractivity contribution >= 4 is 44.6 Å². The van der Waals surface area contributed by atoms with Gasteiger partial charge in [0.25, 0.3) is 11.8 Å². The third-order valence-corrected chi connectivity index (χ3v) is 6.34. The van der Waals surface area contributed by atoms with Gasteiger partial charge in [-0.15, -0.1) is 0 Å². The van der Waals surface area contributed by atoms with Gasteiger partial charge in [-0.05, 0) is 54.1 Å². The van der Waals surface area contributed by atoms with E-state index in [2.05, 4.69) is 25.7 Å². The zero-order valence-electron chi connectivity index (χ0n) is 19.8. The zero-order chi connectivity index (χ0) is 26.0. The number of nitrogens with one attached hydrogen (secondary N) is 4. The van der Waals surface area contributed by atoms with E-state index in [0.717, 1.165) is 17.5 Å². The Morgan fingerprint density at radius 2 is 1.68 bits per heavy atom. The van der Waals surface area contributed by atoms with E-state index in [0.29, 0.717) is 39.4 Å². The number of aromatic nitrogens is 1. The largest absolute Gasteiger partial charge is 0.353 e. The summed E-state index contributed by atoms with van der Waals surface area (Å²) < 4.78 is 26.2. The standard InChI is InChI=1S/C27H23N5O4S/c1-37(35,36)32-22-8-3-2-7-20(22)17-9-11-21-24(14-17)30-23-12-10-18(15-25(23)31-27(21)34)26(33)29-16-19-6-4-5-13-28-19/h2-15,30,32H,16H2,1H3,(H,29,33)(H,31,34). The number of carbonyl (C=O) groups is 2. The summed E-state index contributed by atoms with van der Waals surface area (Å²) in [5.74, 6) is -0.622. The predicted molar refractivity (Wildman–Crippen MR) is 143 cm³/mol. The fourth-order valence-corrected chi connectivity index (χ4v) is 4.62. The van der Waals surface area contributed by atoms with Crippen molar-refractivity contribution in [3.63, 3.8) is 0 Å². The number of rotatable bonds is 6. The van der Waals surface area contributed by atoms with E-state index in [9.17, 15) is 18.0 Å². The smallest absolute Gasteiger partial charge is 0.257 e.